The summed E-state index contributed by atoms with van der Waals surface area (Å²) in [5, 5.41) is 48.1. The Morgan fingerprint density at radius 1 is 1.11 bits per heavy atom. The van der Waals surface area contributed by atoms with Crippen molar-refractivity contribution < 1.29 is 52.5 Å². The fourth-order valence-electron chi connectivity index (χ4n) is 6.04. The number of ether oxygens (including phenoxy) is 4. The SMILES string of the molecule is CC[C@@H]1[C@H](O)[C@H](NC)[C@H]2O[C@]3(O)[C@H](O[C@@H]2[C@H]1O)O[C@H](C)C[C@@]3(O)CCCc1ccccc1OC(F)(F)F. The van der Waals surface area contributed by atoms with Crippen molar-refractivity contribution in [2.45, 2.75) is 107 Å². The number of hydrogen-bond acceptors (Lipinski definition) is 9. The number of aliphatic hydroxyl groups is 4. The van der Waals surface area contributed by atoms with Gasteiger partial charge >= 0.3 is 6.36 Å². The van der Waals surface area contributed by atoms with E-state index in [-0.39, 0.29) is 31.4 Å². The number of aryl methyl sites for hydroxylation is 1. The predicted molar refractivity (Wildman–Crippen MR) is 123 cm³/mol. The maximum atomic E-state index is 12.8. The van der Waals surface area contributed by atoms with Crippen molar-refractivity contribution in [2.24, 2.45) is 5.92 Å². The van der Waals surface area contributed by atoms with Crippen LogP contribution < -0.4 is 10.1 Å². The molecular formula is C25H36F3NO8. The molecule has 0 unspecified atom stereocenters. The molecule has 210 valence electrons. The second-order valence-electron chi connectivity index (χ2n) is 10.3. The summed E-state index contributed by atoms with van der Waals surface area (Å²) in [6, 6.07) is 5.04. The van der Waals surface area contributed by atoms with Gasteiger partial charge in [0, 0.05) is 12.3 Å². The topological polar surface area (TPSA) is 130 Å². The van der Waals surface area contributed by atoms with Crippen LogP contribution in [0, 0.1) is 5.92 Å². The van der Waals surface area contributed by atoms with E-state index < -0.39 is 66.5 Å². The third-order valence-electron chi connectivity index (χ3n) is 7.86. The van der Waals surface area contributed by atoms with E-state index in [0.717, 1.165) is 0 Å². The summed E-state index contributed by atoms with van der Waals surface area (Å²) >= 11 is 0. The number of aliphatic hydroxyl groups excluding tert-OH is 2. The molecule has 5 N–H and O–H groups in total. The number of rotatable bonds is 7. The molecule has 4 rings (SSSR count). The van der Waals surface area contributed by atoms with E-state index in [9.17, 15) is 33.6 Å². The number of alkyl halides is 3. The number of para-hydroxylation sites is 1. The Balaban J connectivity index is 1.55. The molecule has 10 atom stereocenters. The molecule has 0 radical (unpaired) electrons. The van der Waals surface area contributed by atoms with Gasteiger partial charge in [-0.2, -0.15) is 0 Å². The van der Waals surface area contributed by atoms with Gasteiger partial charge in [-0.15, -0.1) is 13.2 Å². The van der Waals surface area contributed by atoms with Crippen molar-refractivity contribution in [1.82, 2.24) is 5.32 Å². The van der Waals surface area contributed by atoms with Gasteiger partial charge in [-0.1, -0.05) is 25.1 Å². The highest BCUT2D eigenvalue weighted by atomic mass is 19.4. The van der Waals surface area contributed by atoms with Gasteiger partial charge in [0.15, 0.2) is 0 Å². The second-order valence-corrected chi connectivity index (χ2v) is 10.3. The fraction of sp³-hybridized carbons (Fsp3) is 0.760. The van der Waals surface area contributed by atoms with Crippen LogP contribution >= 0.6 is 0 Å². The Labute approximate surface area is 213 Å². The smallest absolute Gasteiger partial charge is 0.406 e. The highest BCUT2D eigenvalue weighted by Gasteiger charge is 2.68. The Bertz CT molecular complexity index is 937. The van der Waals surface area contributed by atoms with Crippen molar-refractivity contribution in [2.75, 3.05) is 7.05 Å². The summed E-state index contributed by atoms with van der Waals surface area (Å²) in [4.78, 5) is 0. The average Bonchev–Trinajstić information content (AvgIpc) is 2.80. The van der Waals surface area contributed by atoms with Crippen molar-refractivity contribution in [3.8, 4) is 5.75 Å². The van der Waals surface area contributed by atoms with Crippen LogP contribution in [0.15, 0.2) is 24.3 Å². The first-order valence-corrected chi connectivity index (χ1v) is 12.6. The standard InChI is InChI=1S/C25H36F3NO8/c1-4-15-18(30)17(29-3)20-21(19(15)31)35-22-24(33,37-20)23(32,12-13(2)34-22)11-7-9-14-8-5-6-10-16(14)36-25(26,27)28/h5-6,8,10,13,15,17-22,29-33H,4,7,9,11-12H2,1-3H3/t13-,15-,17+,18+,19+,20-,21-,22+,23+,24-/m1/s1. The van der Waals surface area contributed by atoms with Gasteiger partial charge in [0.05, 0.1) is 24.4 Å². The van der Waals surface area contributed by atoms with Crippen LogP contribution in [0.3, 0.4) is 0 Å². The molecule has 2 aliphatic heterocycles. The maximum Gasteiger partial charge on any atom is 0.573 e. The van der Waals surface area contributed by atoms with Gasteiger partial charge in [0.25, 0.3) is 0 Å². The molecule has 1 aromatic carbocycles. The van der Waals surface area contributed by atoms with Crippen molar-refractivity contribution >= 4 is 0 Å². The van der Waals surface area contributed by atoms with Gasteiger partial charge < -0.3 is 44.7 Å². The van der Waals surface area contributed by atoms with Gasteiger partial charge in [0.2, 0.25) is 12.1 Å². The van der Waals surface area contributed by atoms with Crippen molar-refractivity contribution in [3.05, 3.63) is 29.8 Å². The lowest BCUT2D eigenvalue weighted by molar-refractivity contribution is -0.485. The normalized spacial score (nSPS) is 42.1. The summed E-state index contributed by atoms with van der Waals surface area (Å²) in [5.41, 5.74) is -1.59. The molecule has 1 aromatic rings. The van der Waals surface area contributed by atoms with E-state index >= 15 is 0 Å². The zero-order valence-corrected chi connectivity index (χ0v) is 21.0. The summed E-state index contributed by atoms with van der Waals surface area (Å²) in [6.07, 6.45) is -10.2. The molecule has 3 aliphatic rings. The zero-order valence-electron chi connectivity index (χ0n) is 21.0. The molecular weight excluding hydrogens is 499 g/mol. The number of nitrogens with one attached hydrogen (secondary N) is 1. The van der Waals surface area contributed by atoms with Gasteiger partial charge in [-0.25, -0.2) is 0 Å². The second kappa shape index (κ2) is 10.6. The molecule has 12 heteroatoms. The number of benzene rings is 1. The quantitative estimate of drug-likeness (QED) is 0.354. The first-order valence-electron chi connectivity index (χ1n) is 12.6. The Morgan fingerprint density at radius 2 is 1.81 bits per heavy atom. The maximum absolute atomic E-state index is 12.8. The van der Waals surface area contributed by atoms with E-state index in [4.69, 9.17) is 14.2 Å². The summed E-state index contributed by atoms with van der Waals surface area (Å²) in [7, 11) is 1.61. The predicted octanol–water partition coefficient (Wildman–Crippen LogP) is 1.60. The van der Waals surface area contributed by atoms with E-state index in [1.807, 2.05) is 6.92 Å². The van der Waals surface area contributed by atoms with Crippen LogP contribution in [0.25, 0.3) is 0 Å². The first kappa shape index (κ1) is 28.5. The van der Waals surface area contributed by atoms with E-state index in [1.165, 1.54) is 18.2 Å². The molecule has 37 heavy (non-hydrogen) atoms. The highest BCUT2D eigenvalue weighted by molar-refractivity contribution is 5.33. The molecule has 3 fully saturated rings. The minimum absolute atomic E-state index is 0.0334. The van der Waals surface area contributed by atoms with E-state index in [1.54, 1.807) is 20.0 Å². The average molecular weight is 536 g/mol. The zero-order chi connectivity index (χ0) is 27.2. The molecule has 2 saturated heterocycles. The molecule has 1 saturated carbocycles. The molecule has 2 heterocycles. The summed E-state index contributed by atoms with van der Waals surface area (Å²) in [6.45, 7) is 3.53. The van der Waals surface area contributed by atoms with Crippen LogP contribution in [-0.4, -0.2) is 88.1 Å². The van der Waals surface area contributed by atoms with Crippen LogP contribution in [0.1, 0.15) is 45.1 Å². The lowest BCUT2D eigenvalue weighted by Gasteiger charge is -2.60. The molecule has 0 aromatic heterocycles. The molecule has 0 amide bonds. The summed E-state index contributed by atoms with van der Waals surface area (Å²) < 4.78 is 60.4. The molecule has 0 spiro atoms. The van der Waals surface area contributed by atoms with Gasteiger partial charge in [-0.05, 0) is 51.3 Å². The third kappa shape index (κ3) is 5.35. The highest BCUT2D eigenvalue weighted by Crippen LogP contribution is 2.49. The van der Waals surface area contributed by atoms with Gasteiger partial charge in [0.1, 0.15) is 23.6 Å². The molecule has 1 aliphatic carbocycles. The van der Waals surface area contributed by atoms with Crippen LogP contribution in [0.4, 0.5) is 13.2 Å². The monoisotopic (exact) mass is 535 g/mol. The number of likely N-dealkylation sites (N-methyl/N-ethyl adjacent to an activating group) is 1. The Hall–Kier alpha value is -1.51. The lowest BCUT2D eigenvalue weighted by Crippen LogP contribution is -2.78. The fourth-order valence-corrected chi connectivity index (χ4v) is 6.04. The van der Waals surface area contributed by atoms with Gasteiger partial charge in [-0.3, -0.25) is 0 Å². The number of hydrogen-bond donors (Lipinski definition) is 5. The lowest BCUT2D eigenvalue weighted by atomic mass is 9.73. The van der Waals surface area contributed by atoms with Crippen molar-refractivity contribution in [3.63, 3.8) is 0 Å². The molecule has 0 bridgehead atoms. The third-order valence-corrected chi connectivity index (χ3v) is 7.86. The Morgan fingerprint density at radius 3 is 2.46 bits per heavy atom. The molecule has 9 nitrogen and oxygen atoms in total. The van der Waals surface area contributed by atoms with Crippen LogP contribution in [-0.2, 0) is 20.6 Å². The number of fused-ring (bicyclic) bond motifs is 2. The van der Waals surface area contributed by atoms with E-state index in [0.29, 0.717) is 12.0 Å². The van der Waals surface area contributed by atoms with Crippen LogP contribution in [0.5, 0.6) is 5.75 Å². The Kier molecular flexibility index (Phi) is 8.14. The minimum atomic E-state index is -4.84. The summed E-state index contributed by atoms with van der Waals surface area (Å²) in [5.74, 6) is -3.19. The number of halogens is 3. The van der Waals surface area contributed by atoms with E-state index in [2.05, 4.69) is 10.1 Å². The largest absolute Gasteiger partial charge is 0.573 e. The van der Waals surface area contributed by atoms with Crippen molar-refractivity contribution in [1.29, 1.82) is 0 Å². The van der Waals surface area contributed by atoms with Crippen LogP contribution in [0.2, 0.25) is 0 Å². The minimum Gasteiger partial charge on any atom is -0.406 e. The first-order chi connectivity index (χ1) is 17.3.